The topological polar surface area (TPSA) is 12.0 Å². The summed E-state index contributed by atoms with van der Waals surface area (Å²) in [5.74, 6) is 0.282. The summed E-state index contributed by atoms with van der Waals surface area (Å²) < 4.78 is 37.3. The Morgan fingerprint density at radius 2 is 1.76 bits per heavy atom. The van der Waals surface area contributed by atoms with Crippen LogP contribution in [0.15, 0.2) is 24.3 Å². The molecule has 0 saturated carbocycles. The fraction of sp³-hybridized carbons (Fsp3) is 0.538. The molecule has 0 unspecified atom stereocenters. The van der Waals surface area contributed by atoms with E-state index in [2.05, 4.69) is 19.2 Å². The summed E-state index contributed by atoms with van der Waals surface area (Å²) in [6.45, 7) is 6.00. The second-order valence-corrected chi connectivity index (χ2v) is 5.29. The number of rotatable bonds is 1. The lowest BCUT2D eigenvalue weighted by atomic mass is 9.78. The van der Waals surface area contributed by atoms with Gasteiger partial charge in [-0.25, -0.2) is 0 Å². The first-order valence-electron chi connectivity index (χ1n) is 5.68. The van der Waals surface area contributed by atoms with Crippen molar-refractivity contribution >= 4 is 0 Å². The van der Waals surface area contributed by atoms with Crippen molar-refractivity contribution in [1.29, 1.82) is 0 Å². The molecular formula is C13H16F3N. The van der Waals surface area contributed by atoms with Crippen LogP contribution in [-0.2, 0) is 6.18 Å². The number of halogens is 3. The van der Waals surface area contributed by atoms with Crippen LogP contribution in [0.1, 0.15) is 30.9 Å². The Labute approximate surface area is 99.0 Å². The molecule has 1 atom stereocenters. The molecule has 0 bridgehead atoms. The fourth-order valence-corrected chi connectivity index (χ4v) is 2.41. The summed E-state index contributed by atoms with van der Waals surface area (Å²) in [5, 5.41) is 3.28. The van der Waals surface area contributed by atoms with Gasteiger partial charge in [-0.15, -0.1) is 0 Å². The van der Waals surface area contributed by atoms with Crippen LogP contribution < -0.4 is 5.32 Å². The average Bonchev–Trinajstić information content (AvgIpc) is 2.57. The minimum absolute atomic E-state index is 0.0970. The van der Waals surface area contributed by atoms with Gasteiger partial charge in [0.2, 0.25) is 0 Å². The summed E-state index contributed by atoms with van der Waals surface area (Å²) >= 11 is 0. The van der Waals surface area contributed by atoms with Crippen molar-refractivity contribution in [3.63, 3.8) is 0 Å². The lowest BCUT2D eigenvalue weighted by Crippen LogP contribution is -2.20. The second-order valence-electron chi connectivity index (χ2n) is 5.29. The Balaban J connectivity index is 2.24. The average molecular weight is 243 g/mol. The van der Waals surface area contributed by atoms with Gasteiger partial charge in [0.15, 0.2) is 0 Å². The second kappa shape index (κ2) is 4.02. The van der Waals surface area contributed by atoms with E-state index < -0.39 is 11.7 Å². The first-order valence-corrected chi connectivity index (χ1v) is 5.68. The third-order valence-corrected chi connectivity index (χ3v) is 3.51. The smallest absolute Gasteiger partial charge is 0.316 e. The summed E-state index contributed by atoms with van der Waals surface area (Å²) in [6, 6.07) is 5.54. The predicted molar refractivity (Wildman–Crippen MR) is 60.8 cm³/mol. The summed E-state index contributed by atoms with van der Waals surface area (Å²) in [4.78, 5) is 0. The van der Waals surface area contributed by atoms with Crippen LogP contribution in [0.2, 0.25) is 0 Å². The fourth-order valence-electron chi connectivity index (χ4n) is 2.41. The third kappa shape index (κ3) is 2.46. The molecule has 0 spiro atoms. The Hall–Kier alpha value is -1.03. The highest BCUT2D eigenvalue weighted by Crippen LogP contribution is 2.39. The quantitative estimate of drug-likeness (QED) is 0.797. The summed E-state index contributed by atoms with van der Waals surface area (Å²) in [6.07, 6.45) is -4.25. The number of hydrogen-bond donors (Lipinski definition) is 1. The summed E-state index contributed by atoms with van der Waals surface area (Å²) in [7, 11) is 0. The standard InChI is InChI=1S/C13H16F3N/c1-12(2)8-17-7-11(12)9-3-5-10(6-4-9)13(14,15)16/h3-6,11,17H,7-8H2,1-2H3/t11-/m0/s1. The Morgan fingerprint density at radius 3 is 2.18 bits per heavy atom. The maximum absolute atomic E-state index is 12.4. The van der Waals surface area contributed by atoms with E-state index in [1.165, 1.54) is 12.1 Å². The highest BCUT2D eigenvalue weighted by atomic mass is 19.4. The van der Waals surface area contributed by atoms with E-state index in [0.29, 0.717) is 0 Å². The first-order chi connectivity index (χ1) is 7.81. The summed E-state index contributed by atoms with van der Waals surface area (Å²) in [5.41, 5.74) is 0.498. The van der Waals surface area contributed by atoms with Crippen molar-refractivity contribution < 1.29 is 13.2 Å². The van der Waals surface area contributed by atoms with Gasteiger partial charge >= 0.3 is 6.18 Å². The van der Waals surface area contributed by atoms with E-state index in [1.54, 1.807) is 12.1 Å². The van der Waals surface area contributed by atoms with Crippen LogP contribution >= 0.6 is 0 Å². The molecule has 1 aliphatic rings. The SMILES string of the molecule is CC1(C)CNC[C@H]1c1ccc(C(F)(F)F)cc1. The van der Waals surface area contributed by atoms with Crippen molar-refractivity contribution in [2.24, 2.45) is 5.41 Å². The number of nitrogens with one attached hydrogen (secondary N) is 1. The van der Waals surface area contributed by atoms with E-state index >= 15 is 0 Å². The molecular weight excluding hydrogens is 227 g/mol. The van der Waals surface area contributed by atoms with Crippen molar-refractivity contribution in [2.45, 2.75) is 25.9 Å². The minimum atomic E-state index is -4.25. The zero-order valence-electron chi connectivity index (χ0n) is 9.93. The normalized spacial score (nSPS) is 23.9. The third-order valence-electron chi connectivity index (χ3n) is 3.51. The van der Waals surface area contributed by atoms with Gasteiger partial charge in [0.05, 0.1) is 5.56 Å². The molecule has 4 heteroatoms. The van der Waals surface area contributed by atoms with Crippen molar-refractivity contribution in [2.75, 3.05) is 13.1 Å². The molecule has 1 aromatic rings. The largest absolute Gasteiger partial charge is 0.416 e. The molecule has 1 N–H and O–H groups in total. The van der Waals surface area contributed by atoms with E-state index in [4.69, 9.17) is 0 Å². The molecule has 1 heterocycles. The highest BCUT2D eigenvalue weighted by Gasteiger charge is 2.36. The Morgan fingerprint density at radius 1 is 1.18 bits per heavy atom. The molecule has 94 valence electrons. The Bertz CT molecular complexity index is 392. The first kappa shape index (κ1) is 12.4. The van der Waals surface area contributed by atoms with E-state index in [1.807, 2.05) is 0 Å². The molecule has 0 amide bonds. The lowest BCUT2D eigenvalue weighted by molar-refractivity contribution is -0.137. The van der Waals surface area contributed by atoms with Gasteiger partial charge in [-0.2, -0.15) is 13.2 Å². The predicted octanol–water partition coefficient (Wildman–Crippen LogP) is 3.42. The van der Waals surface area contributed by atoms with E-state index in [-0.39, 0.29) is 11.3 Å². The van der Waals surface area contributed by atoms with Gasteiger partial charge in [0.25, 0.3) is 0 Å². The highest BCUT2D eigenvalue weighted by molar-refractivity contribution is 5.29. The zero-order valence-corrected chi connectivity index (χ0v) is 9.93. The maximum atomic E-state index is 12.4. The molecule has 1 aliphatic heterocycles. The monoisotopic (exact) mass is 243 g/mol. The number of benzene rings is 1. The van der Waals surface area contributed by atoms with Crippen LogP contribution in [0.5, 0.6) is 0 Å². The van der Waals surface area contributed by atoms with Crippen LogP contribution in [0.4, 0.5) is 13.2 Å². The van der Waals surface area contributed by atoms with Crippen molar-refractivity contribution in [3.8, 4) is 0 Å². The van der Waals surface area contributed by atoms with Gasteiger partial charge in [0.1, 0.15) is 0 Å². The molecule has 1 fully saturated rings. The van der Waals surface area contributed by atoms with Gasteiger partial charge in [-0.3, -0.25) is 0 Å². The zero-order chi connectivity index (χ0) is 12.7. The molecule has 0 aromatic heterocycles. The van der Waals surface area contributed by atoms with Crippen LogP contribution in [-0.4, -0.2) is 13.1 Å². The van der Waals surface area contributed by atoms with Gasteiger partial charge in [0, 0.05) is 19.0 Å². The molecule has 1 nitrogen and oxygen atoms in total. The van der Waals surface area contributed by atoms with E-state index in [0.717, 1.165) is 18.7 Å². The van der Waals surface area contributed by atoms with Gasteiger partial charge < -0.3 is 5.32 Å². The maximum Gasteiger partial charge on any atom is 0.416 e. The molecule has 17 heavy (non-hydrogen) atoms. The van der Waals surface area contributed by atoms with E-state index in [9.17, 15) is 13.2 Å². The lowest BCUT2D eigenvalue weighted by Gasteiger charge is -2.26. The molecule has 2 rings (SSSR count). The number of alkyl halides is 3. The Kier molecular flexibility index (Phi) is 2.94. The molecule has 1 aromatic carbocycles. The van der Waals surface area contributed by atoms with Crippen LogP contribution in [0.3, 0.4) is 0 Å². The van der Waals surface area contributed by atoms with Gasteiger partial charge in [-0.05, 0) is 23.1 Å². The van der Waals surface area contributed by atoms with Crippen molar-refractivity contribution in [3.05, 3.63) is 35.4 Å². The molecule has 0 aliphatic carbocycles. The molecule has 0 radical (unpaired) electrons. The number of hydrogen-bond acceptors (Lipinski definition) is 1. The van der Waals surface area contributed by atoms with Crippen LogP contribution in [0.25, 0.3) is 0 Å². The van der Waals surface area contributed by atoms with Crippen molar-refractivity contribution in [1.82, 2.24) is 5.32 Å². The van der Waals surface area contributed by atoms with Crippen LogP contribution in [0, 0.1) is 5.41 Å². The minimum Gasteiger partial charge on any atom is -0.316 e. The molecule has 1 saturated heterocycles. The van der Waals surface area contributed by atoms with Gasteiger partial charge in [-0.1, -0.05) is 26.0 Å².